The Morgan fingerprint density at radius 3 is 1.25 bits per heavy atom. The van der Waals surface area contributed by atoms with Gasteiger partial charge in [0.05, 0.1) is 0 Å². The molecule has 0 amide bonds. The van der Waals surface area contributed by atoms with Crippen LogP contribution in [0.3, 0.4) is 0 Å². The van der Waals surface area contributed by atoms with Crippen LogP contribution in [0, 0.1) is 0 Å². The summed E-state index contributed by atoms with van der Waals surface area (Å²) < 4.78 is 0. The molecule has 0 heterocycles. The van der Waals surface area contributed by atoms with Crippen LogP contribution < -0.4 is 0 Å². The molecule has 3 aromatic carbocycles. The molecule has 0 N–H and O–H groups in total. The van der Waals surface area contributed by atoms with Crippen LogP contribution >= 0.6 is 0 Å². The van der Waals surface area contributed by atoms with Crippen LogP contribution in [0.4, 0.5) is 0 Å². The predicted molar refractivity (Wildman–Crippen MR) is 97.4 cm³/mol. The number of benzene rings is 3. The van der Waals surface area contributed by atoms with Crippen molar-refractivity contribution in [2.24, 2.45) is 0 Å². The quantitative estimate of drug-likeness (QED) is 0.620. The lowest BCUT2D eigenvalue weighted by molar-refractivity contribution is 0.0987. The fraction of sp³-hybridized carbons (Fsp3) is 0.0909. The fourth-order valence-electron chi connectivity index (χ4n) is 2.17. The molecule has 0 aliphatic heterocycles. The molecule has 0 saturated carbocycles. The maximum atomic E-state index is 11.8. The van der Waals surface area contributed by atoms with Crippen LogP contribution in [0.2, 0.25) is 0 Å². The van der Waals surface area contributed by atoms with Crippen molar-refractivity contribution >= 4 is 11.6 Å². The molecule has 120 valence electrons. The van der Waals surface area contributed by atoms with Crippen molar-refractivity contribution in [1.82, 2.24) is 0 Å². The summed E-state index contributed by atoms with van der Waals surface area (Å²) in [7, 11) is 0. The molecule has 3 aromatic rings. The summed E-state index contributed by atoms with van der Waals surface area (Å²) in [6, 6.07) is 28.0. The highest BCUT2D eigenvalue weighted by Gasteiger charge is 2.06. The summed E-state index contributed by atoms with van der Waals surface area (Å²) >= 11 is 0. The van der Waals surface area contributed by atoms with E-state index in [0.717, 1.165) is 16.7 Å². The monoisotopic (exact) mass is 316 g/mol. The molecule has 0 aliphatic carbocycles. The largest absolute Gasteiger partial charge is 0.294 e. The molecule has 0 unspecified atom stereocenters. The number of carbonyl (C=O) groups excluding carboxylic acids is 2. The van der Waals surface area contributed by atoms with Crippen LogP contribution in [-0.2, 0) is 0 Å². The SMILES string of the molecule is CCC(=O)c1ccccc1.O=C(c1ccccc1)c1ccccc1. The Kier molecular flexibility index (Phi) is 6.66. The van der Waals surface area contributed by atoms with Crippen LogP contribution in [0.5, 0.6) is 0 Å². The van der Waals surface area contributed by atoms with Gasteiger partial charge < -0.3 is 0 Å². The minimum absolute atomic E-state index is 0.0752. The van der Waals surface area contributed by atoms with Gasteiger partial charge in [0.15, 0.2) is 11.6 Å². The number of carbonyl (C=O) groups is 2. The third kappa shape index (κ3) is 5.03. The van der Waals surface area contributed by atoms with Gasteiger partial charge in [-0.2, -0.15) is 0 Å². The van der Waals surface area contributed by atoms with Gasteiger partial charge in [0.1, 0.15) is 0 Å². The smallest absolute Gasteiger partial charge is 0.193 e. The normalized spacial score (nSPS) is 9.54. The van der Waals surface area contributed by atoms with Gasteiger partial charge in [0.25, 0.3) is 0 Å². The Hall–Kier alpha value is -3.00. The first-order valence-corrected chi connectivity index (χ1v) is 7.95. The topological polar surface area (TPSA) is 34.1 Å². The van der Waals surface area contributed by atoms with Gasteiger partial charge in [-0.15, -0.1) is 0 Å². The summed E-state index contributed by atoms with van der Waals surface area (Å²) in [5, 5.41) is 0. The third-order valence-electron chi connectivity index (χ3n) is 3.49. The van der Waals surface area contributed by atoms with Gasteiger partial charge >= 0.3 is 0 Å². The van der Waals surface area contributed by atoms with Gasteiger partial charge in [0.2, 0.25) is 0 Å². The molecule has 24 heavy (non-hydrogen) atoms. The van der Waals surface area contributed by atoms with Crippen molar-refractivity contribution in [3.63, 3.8) is 0 Å². The van der Waals surface area contributed by atoms with Gasteiger partial charge in [-0.25, -0.2) is 0 Å². The summed E-state index contributed by atoms with van der Waals surface area (Å²) in [6.45, 7) is 1.87. The maximum absolute atomic E-state index is 11.8. The van der Waals surface area contributed by atoms with Crippen molar-refractivity contribution in [2.75, 3.05) is 0 Å². The van der Waals surface area contributed by atoms with Crippen molar-refractivity contribution in [3.8, 4) is 0 Å². The van der Waals surface area contributed by atoms with E-state index in [1.807, 2.05) is 97.9 Å². The van der Waals surface area contributed by atoms with Crippen LogP contribution in [0.1, 0.15) is 39.6 Å². The van der Waals surface area contributed by atoms with E-state index in [0.29, 0.717) is 6.42 Å². The Morgan fingerprint density at radius 2 is 0.917 bits per heavy atom. The lowest BCUT2D eigenvalue weighted by Crippen LogP contribution is -1.99. The van der Waals surface area contributed by atoms with Crippen LogP contribution in [0.15, 0.2) is 91.0 Å². The van der Waals surface area contributed by atoms with Gasteiger partial charge in [-0.1, -0.05) is 97.9 Å². The van der Waals surface area contributed by atoms with Gasteiger partial charge in [-0.05, 0) is 0 Å². The number of hydrogen-bond donors (Lipinski definition) is 0. The number of hydrogen-bond acceptors (Lipinski definition) is 2. The third-order valence-corrected chi connectivity index (χ3v) is 3.49. The summed E-state index contributed by atoms with van der Waals surface area (Å²) in [5.74, 6) is 0.284. The van der Waals surface area contributed by atoms with E-state index in [4.69, 9.17) is 0 Å². The van der Waals surface area contributed by atoms with Crippen molar-refractivity contribution in [3.05, 3.63) is 108 Å². The molecule has 0 bridgehead atoms. The predicted octanol–water partition coefficient (Wildman–Crippen LogP) is 5.20. The van der Waals surface area contributed by atoms with E-state index in [1.54, 1.807) is 0 Å². The highest BCUT2D eigenvalue weighted by atomic mass is 16.1. The summed E-state index contributed by atoms with van der Waals surface area (Å²) in [5.41, 5.74) is 2.28. The zero-order valence-electron chi connectivity index (χ0n) is 13.7. The minimum atomic E-state index is 0.0752. The number of rotatable bonds is 4. The fourth-order valence-corrected chi connectivity index (χ4v) is 2.17. The molecule has 0 spiro atoms. The maximum Gasteiger partial charge on any atom is 0.193 e. The molecule has 0 radical (unpaired) electrons. The molecular weight excluding hydrogens is 296 g/mol. The summed E-state index contributed by atoms with van der Waals surface area (Å²) in [4.78, 5) is 22.9. The molecule has 2 heteroatoms. The van der Waals surface area contributed by atoms with Gasteiger partial charge in [0, 0.05) is 23.1 Å². The average molecular weight is 316 g/mol. The van der Waals surface area contributed by atoms with Crippen molar-refractivity contribution in [1.29, 1.82) is 0 Å². The van der Waals surface area contributed by atoms with E-state index in [2.05, 4.69) is 0 Å². The van der Waals surface area contributed by atoms with E-state index in [1.165, 1.54) is 0 Å². The number of ketones is 2. The zero-order valence-corrected chi connectivity index (χ0v) is 13.7. The second-order valence-corrected chi connectivity index (χ2v) is 5.20. The standard InChI is InChI=1S/C13H10O.C9H10O/c14-13(11-7-3-1-4-8-11)12-9-5-2-6-10-12;1-2-9(10)8-6-4-3-5-7-8/h1-10H;3-7H,2H2,1H3. The highest BCUT2D eigenvalue weighted by Crippen LogP contribution is 2.08. The lowest BCUT2D eigenvalue weighted by Gasteiger charge is -1.99. The second kappa shape index (κ2) is 9.21. The minimum Gasteiger partial charge on any atom is -0.294 e. The van der Waals surface area contributed by atoms with Crippen LogP contribution in [0.25, 0.3) is 0 Å². The average Bonchev–Trinajstić information content (AvgIpc) is 2.69. The molecule has 3 rings (SSSR count). The Balaban J connectivity index is 0.000000185. The van der Waals surface area contributed by atoms with E-state index in [9.17, 15) is 9.59 Å². The second-order valence-electron chi connectivity index (χ2n) is 5.20. The zero-order chi connectivity index (χ0) is 17.2. The molecule has 0 aromatic heterocycles. The van der Waals surface area contributed by atoms with E-state index < -0.39 is 0 Å². The van der Waals surface area contributed by atoms with Crippen LogP contribution in [-0.4, -0.2) is 11.6 Å². The van der Waals surface area contributed by atoms with E-state index in [-0.39, 0.29) is 11.6 Å². The first kappa shape index (κ1) is 17.4. The Labute approximate surface area is 142 Å². The molecule has 0 fully saturated rings. The Morgan fingerprint density at radius 1 is 0.583 bits per heavy atom. The molecular formula is C22H20O2. The molecule has 0 saturated heterocycles. The summed E-state index contributed by atoms with van der Waals surface area (Å²) in [6.07, 6.45) is 0.587. The lowest BCUT2D eigenvalue weighted by atomic mass is 10.0. The van der Waals surface area contributed by atoms with Crippen molar-refractivity contribution in [2.45, 2.75) is 13.3 Å². The highest BCUT2D eigenvalue weighted by molar-refractivity contribution is 6.08. The molecule has 0 aliphatic rings. The Bertz CT molecular complexity index is 721. The van der Waals surface area contributed by atoms with Crippen molar-refractivity contribution < 1.29 is 9.59 Å². The van der Waals surface area contributed by atoms with E-state index >= 15 is 0 Å². The molecule has 0 atom stereocenters. The number of Topliss-reactive ketones (excluding diaryl/α,β-unsaturated/α-hetero) is 1. The first-order valence-electron chi connectivity index (χ1n) is 7.95. The first-order chi connectivity index (χ1) is 11.7. The molecule has 2 nitrogen and oxygen atoms in total. The van der Waals surface area contributed by atoms with Gasteiger partial charge in [-0.3, -0.25) is 9.59 Å².